The number of hydrogen-bond acceptors (Lipinski definition) is 4. The van der Waals surface area contributed by atoms with Crippen LogP contribution in [0.4, 0.5) is 5.69 Å². The number of halogens is 1. The molecule has 0 bridgehead atoms. The molecule has 2 N–H and O–H groups in total. The first-order valence-electron chi connectivity index (χ1n) is 10.5. The van der Waals surface area contributed by atoms with Crippen molar-refractivity contribution >= 4 is 39.2 Å². The lowest BCUT2D eigenvalue weighted by atomic mass is 10.1. The van der Waals surface area contributed by atoms with Crippen molar-refractivity contribution in [3.63, 3.8) is 0 Å². The Morgan fingerprint density at radius 1 is 0.971 bits per heavy atom. The molecule has 3 aromatic carbocycles. The van der Waals surface area contributed by atoms with Gasteiger partial charge in [-0.3, -0.25) is 13.9 Å². The maximum absolute atomic E-state index is 13.5. The molecule has 0 aliphatic heterocycles. The van der Waals surface area contributed by atoms with E-state index in [2.05, 4.69) is 5.32 Å². The molecule has 1 amide bonds. The van der Waals surface area contributed by atoms with Gasteiger partial charge in [-0.1, -0.05) is 59.6 Å². The van der Waals surface area contributed by atoms with E-state index in [1.54, 1.807) is 61.5 Å². The number of sulfonamides is 1. The summed E-state index contributed by atoms with van der Waals surface area (Å²) in [5.41, 5.74) is 3.07. The highest BCUT2D eigenvalue weighted by Gasteiger charge is 2.28. The Labute approximate surface area is 204 Å². The number of aryl methyl sites for hydroxylation is 1. The SMILES string of the molecule is Cc1ccc(S(=O)(=O)N(CC(=O)NCc2cccc(CC(=O)O)c2)c2cccc(Cl)c2C)cc1. The number of hydrogen-bond donors (Lipinski definition) is 2. The number of anilines is 1. The van der Waals surface area contributed by atoms with Crippen molar-refractivity contribution in [1.29, 1.82) is 0 Å². The normalized spacial score (nSPS) is 11.1. The minimum Gasteiger partial charge on any atom is -0.481 e. The number of amides is 1. The zero-order chi connectivity index (χ0) is 24.9. The van der Waals surface area contributed by atoms with Gasteiger partial charge in [-0.25, -0.2) is 8.42 Å². The number of nitrogens with zero attached hydrogens (tertiary/aromatic N) is 1. The van der Waals surface area contributed by atoms with E-state index in [1.165, 1.54) is 12.1 Å². The molecule has 3 aromatic rings. The second-order valence-corrected chi connectivity index (χ2v) is 10.1. The number of carbonyl (C=O) groups excluding carboxylic acids is 1. The van der Waals surface area contributed by atoms with Crippen molar-refractivity contribution in [2.75, 3.05) is 10.8 Å². The first-order chi connectivity index (χ1) is 16.1. The van der Waals surface area contributed by atoms with Crippen LogP contribution < -0.4 is 9.62 Å². The molecule has 0 aromatic heterocycles. The first kappa shape index (κ1) is 25.3. The van der Waals surface area contributed by atoms with Crippen LogP contribution in [0.1, 0.15) is 22.3 Å². The van der Waals surface area contributed by atoms with Crippen molar-refractivity contribution in [2.24, 2.45) is 0 Å². The maximum atomic E-state index is 13.5. The number of carboxylic acids is 1. The Morgan fingerprint density at radius 3 is 2.29 bits per heavy atom. The van der Waals surface area contributed by atoms with E-state index < -0.39 is 28.4 Å². The van der Waals surface area contributed by atoms with Gasteiger partial charge in [0, 0.05) is 11.6 Å². The molecule has 0 unspecified atom stereocenters. The minimum atomic E-state index is -4.06. The number of carbonyl (C=O) groups is 2. The lowest BCUT2D eigenvalue weighted by Crippen LogP contribution is -2.41. The molecule has 3 rings (SSSR count). The fraction of sp³-hybridized carbons (Fsp3) is 0.200. The van der Waals surface area contributed by atoms with Crippen molar-refractivity contribution in [3.8, 4) is 0 Å². The van der Waals surface area contributed by atoms with E-state index in [1.807, 2.05) is 6.92 Å². The van der Waals surface area contributed by atoms with Crippen LogP contribution in [0.25, 0.3) is 0 Å². The predicted molar refractivity (Wildman–Crippen MR) is 132 cm³/mol. The van der Waals surface area contributed by atoms with Gasteiger partial charge in [-0.05, 0) is 54.8 Å². The number of aliphatic carboxylic acids is 1. The summed E-state index contributed by atoms with van der Waals surface area (Å²) >= 11 is 6.24. The standard InChI is InChI=1S/C25H25ClN2O5S/c1-17-9-11-21(12-10-17)34(32,33)28(23-8-4-7-22(26)18(23)2)16-24(29)27-15-20-6-3-5-19(13-20)14-25(30)31/h3-13H,14-16H2,1-2H3,(H,27,29)(H,30,31). The lowest BCUT2D eigenvalue weighted by molar-refractivity contribution is -0.136. The highest BCUT2D eigenvalue weighted by atomic mass is 35.5. The monoisotopic (exact) mass is 500 g/mol. The number of nitrogens with one attached hydrogen (secondary N) is 1. The van der Waals surface area contributed by atoms with E-state index in [0.29, 0.717) is 27.4 Å². The van der Waals surface area contributed by atoms with E-state index >= 15 is 0 Å². The summed E-state index contributed by atoms with van der Waals surface area (Å²) in [7, 11) is -4.06. The summed E-state index contributed by atoms with van der Waals surface area (Å²) in [5.74, 6) is -1.46. The smallest absolute Gasteiger partial charge is 0.307 e. The summed E-state index contributed by atoms with van der Waals surface area (Å²) in [4.78, 5) is 23.9. The van der Waals surface area contributed by atoms with Gasteiger partial charge in [0.15, 0.2) is 0 Å². The summed E-state index contributed by atoms with van der Waals surface area (Å²) in [6.07, 6.45) is -0.127. The van der Waals surface area contributed by atoms with Gasteiger partial charge in [0.1, 0.15) is 6.54 Å². The van der Waals surface area contributed by atoms with Crippen LogP contribution in [0.3, 0.4) is 0 Å². The topological polar surface area (TPSA) is 104 Å². The Balaban J connectivity index is 1.86. The molecule has 0 aliphatic rings. The van der Waals surface area contributed by atoms with Crippen LogP contribution >= 0.6 is 11.6 Å². The molecule has 0 heterocycles. The van der Waals surface area contributed by atoms with Gasteiger partial charge in [-0.15, -0.1) is 0 Å². The molecule has 0 fully saturated rings. The Kier molecular flexibility index (Phi) is 7.96. The van der Waals surface area contributed by atoms with E-state index in [-0.39, 0.29) is 17.9 Å². The highest BCUT2D eigenvalue weighted by molar-refractivity contribution is 7.92. The summed E-state index contributed by atoms with van der Waals surface area (Å²) < 4.78 is 28.1. The summed E-state index contributed by atoms with van der Waals surface area (Å²) in [5, 5.41) is 12.1. The molecule has 0 radical (unpaired) electrons. The molecule has 0 aliphatic carbocycles. The number of benzene rings is 3. The molecule has 0 spiro atoms. The summed E-state index contributed by atoms with van der Waals surface area (Å²) in [6, 6.07) is 18.1. The van der Waals surface area contributed by atoms with Crippen molar-refractivity contribution in [1.82, 2.24) is 5.32 Å². The lowest BCUT2D eigenvalue weighted by Gasteiger charge is -2.26. The molecule has 0 saturated carbocycles. The maximum Gasteiger partial charge on any atom is 0.307 e. The van der Waals surface area contributed by atoms with Gasteiger partial charge < -0.3 is 10.4 Å². The van der Waals surface area contributed by atoms with Gasteiger partial charge in [0.05, 0.1) is 17.0 Å². The fourth-order valence-electron chi connectivity index (χ4n) is 3.41. The molecule has 7 nitrogen and oxygen atoms in total. The van der Waals surface area contributed by atoms with Crippen LogP contribution in [0, 0.1) is 13.8 Å². The average Bonchev–Trinajstić information content (AvgIpc) is 2.78. The zero-order valence-corrected chi connectivity index (χ0v) is 20.4. The predicted octanol–water partition coefficient (Wildman–Crippen LogP) is 4.10. The molecular formula is C25H25ClN2O5S. The second-order valence-electron chi connectivity index (χ2n) is 7.88. The third-order valence-corrected chi connectivity index (χ3v) is 7.42. The molecule has 0 saturated heterocycles. The molecule has 178 valence electrons. The Morgan fingerprint density at radius 2 is 1.62 bits per heavy atom. The van der Waals surface area contributed by atoms with Crippen LogP contribution in [0.2, 0.25) is 5.02 Å². The largest absolute Gasteiger partial charge is 0.481 e. The van der Waals surface area contributed by atoms with Crippen LogP contribution in [0.15, 0.2) is 71.6 Å². The van der Waals surface area contributed by atoms with Crippen molar-refractivity contribution < 1.29 is 23.1 Å². The van der Waals surface area contributed by atoms with E-state index in [0.717, 1.165) is 9.87 Å². The minimum absolute atomic E-state index is 0.0617. The van der Waals surface area contributed by atoms with E-state index in [9.17, 15) is 18.0 Å². The molecule has 0 atom stereocenters. The Hall–Kier alpha value is -3.36. The Bertz CT molecular complexity index is 1310. The van der Waals surface area contributed by atoms with Crippen LogP contribution in [-0.4, -0.2) is 31.9 Å². The molecular weight excluding hydrogens is 476 g/mol. The zero-order valence-electron chi connectivity index (χ0n) is 18.8. The highest BCUT2D eigenvalue weighted by Crippen LogP contribution is 2.30. The van der Waals surface area contributed by atoms with Crippen molar-refractivity contribution in [3.05, 3.63) is 94.0 Å². The van der Waals surface area contributed by atoms with Crippen molar-refractivity contribution in [2.45, 2.75) is 31.7 Å². The number of rotatable bonds is 9. The van der Waals surface area contributed by atoms with Gasteiger partial charge in [-0.2, -0.15) is 0 Å². The quantitative estimate of drug-likeness (QED) is 0.460. The van der Waals surface area contributed by atoms with Gasteiger partial charge in [0.25, 0.3) is 10.0 Å². The average molecular weight is 501 g/mol. The second kappa shape index (κ2) is 10.7. The van der Waals surface area contributed by atoms with Crippen LogP contribution in [0.5, 0.6) is 0 Å². The third kappa shape index (κ3) is 6.15. The fourth-order valence-corrected chi connectivity index (χ4v) is 5.06. The van der Waals surface area contributed by atoms with Gasteiger partial charge >= 0.3 is 5.97 Å². The summed E-state index contributed by atoms with van der Waals surface area (Å²) in [6.45, 7) is 3.22. The van der Waals surface area contributed by atoms with E-state index in [4.69, 9.17) is 16.7 Å². The number of carboxylic acid groups (broad SMARTS) is 1. The molecule has 34 heavy (non-hydrogen) atoms. The van der Waals surface area contributed by atoms with Crippen LogP contribution in [-0.2, 0) is 32.6 Å². The first-order valence-corrected chi connectivity index (χ1v) is 12.3. The molecule has 9 heteroatoms. The van der Waals surface area contributed by atoms with Gasteiger partial charge in [0.2, 0.25) is 5.91 Å². The third-order valence-electron chi connectivity index (χ3n) is 5.24.